The number of halogens is 2. The summed E-state index contributed by atoms with van der Waals surface area (Å²) in [6, 6.07) is 11.3. The zero-order valence-electron chi connectivity index (χ0n) is 15.2. The molecule has 0 atom stereocenters. The van der Waals surface area contributed by atoms with Crippen molar-refractivity contribution in [1.29, 1.82) is 0 Å². The molecule has 27 heavy (non-hydrogen) atoms. The molecule has 2 aromatic rings. The molecule has 5 nitrogen and oxygen atoms in total. The highest BCUT2D eigenvalue weighted by atomic mass is 35.5. The number of carbonyl (C=O) groups is 1. The van der Waals surface area contributed by atoms with Crippen LogP contribution in [0.3, 0.4) is 0 Å². The lowest BCUT2D eigenvalue weighted by molar-refractivity contribution is -0.119. The minimum atomic E-state index is -3.58. The smallest absolute Gasteiger partial charge is 0.235 e. The molecule has 1 amide bonds. The van der Waals surface area contributed by atoms with Gasteiger partial charge in [0.1, 0.15) is 0 Å². The Bertz CT molecular complexity index is 964. The lowest BCUT2D eigenvalue weighted by Crippen LogP contribution is -2.36. The van der Waals surface area contributed by atoms with Gasteiger partial charge in [0, 0.05) is 39.8 Å². The number of fused-ring (bicyclic) bond motifs is 2. The molecule has 1 aliphatic rings. The second kappa shape index (κ2) is 7.00. The molecular weight excluding hydrogens is 407 g/mol. The van der Waals surface area contributed by atoms with Gasteiger partial charge in [-0.15, -0.1) is 0 Å². The topological polar surface area (TPSA) is 66.5 Å². The van der Waals surface area contributed by atoms with Gasteiger partial charge in [0.15, 0.2) is 0 Å². The van der Waals surface area contributed by atoms with E-state index in [1.54, 1.807) is 12.1 Å². The van der Waals surface area contributed by atoms with E-state index < -0.39 is 15.9 Å². The maximum atomic E-state index is 12.0. The van der Waals surface area contributed by atoms with Crippen molar-refractivity contribution in [2.75, 3.05) is 17.7 Å². The van der Waals surface area contributed by atoms with Crippen molar-refractivity contribution in [2.24, 2.45) is 0 Å². The van der Waals surface area contributed by atoms with Crippen LogP contribution < -0.4 is 9.62 Å². The molecule has 0 aliphatic carbocycles. The maximum Gasteiger partial charge on any atom is 0.235 e. The van der Waals surface area contributed by atoms with E-state index in [2.05, 4.69) is 13.8 Å². The summed E-state index contributed by atoms with van der Waals surface area (Å²) in [6.45, 7) is 4.52. The molecule has 0 bridgehead atoms. The summed E-state index contributed by atoms with van der Waals surface area (Å²) < 4.78 is 24.6. The molecule has 3 rings (SSSR count). The Kier molecular flexibility index (Phi) is 5.18. The largest absolute Gasteiger partial charge is 0.340 e. The summed E-state index contributed by atoms with van der Waals surface area (Å²) in [5, 5.41) is 1.25. The normalized spacial score (nSPS) is 15.1. The minimum Gasteiger partial charge on any atom is -0.340 e. The van der Waals surface area contributed by atoms with E-state index in [0.29, 0.717) is 16.6 Å². The fourth-order valence-corrected chi connectivity index (χ4v) is 4.34. The van der Waals surface area contributed by atoms with Crippen LogP contribution in [0, 0.1) is 0 Å². The molecule has 0 saturated heterocycles. The fourth-order valence-electron chi connectivity index (χ4n) is 3.48. The fraction of sp³-hybridized carbons (Fsp3) is 0.316. The summed E-state index contributed by atoms with van der Waals surface area (Å²) >= 11 is 12.5. The van der Waals surface area contributed by atoms with Gasteiger partial charge in [-0.1, -0.05) is 37.0 Å². The van der Waals surface area contributed by atoms with Crippen LogP contribution in [0.5, 0.6) is 0 Å². The van der Waals surface area contributed by atoms with Crippen molar-refractivity contribution in [1.82, 2.24) is 4.72 Å². The third-order valence-corrected chi connectivity index (χ3v) is 5.78. The predicted molar refractivity (Wildman–Crippen MR) is 110 cm³/mol. The Morgan fingerprint density at radius 3 is 1.96 bits per heavy atom. The van der Waals surface area contributed by atoms with Crippen LogP contribution in [0.15, 0.2) is 36.4 Å². The van der Waals surface area contributed by atoms with Gasteiger partial charge < -0.3 is 4.90 Å². The van der Waals surface area contributed by atoms with Crippen molar-refractivity contribution in [3.63, 3.8) is 0 Å². The first kappa shape index (κ1) is 20.0. The first-order chi connectivity index (χ1) is 12.5. The van der Waals surface area contributed by atoms with Gasteiger partial charge >= 0.3 is 0 Å². The second-order valence-electron chi connectivity index (χ2n) is 7.15. The van der Waals surface area contributed by atoms with E-state index in [-0.39, 0.29) is 11.8 Å². The molecule has 0 radical (unpaired) electrons. The van der Waals surface area contributed by atoms with Crippen molar-refractivity contribution in [3.05, 3.63) is 57.6 Å². The van der Waals surface area contributed by atoms with Gasteiger partial charge in [0.25, 0.3) is 0 Å². The molecule has 0 aromatic heterocycles. The van der Waals surface area contributed by atoms with E-state index in [9.17, 15) is 13.2 Å². The first-order valence-corrected chi connectivity index (χ1v) is 11.0. The maximum absolute atomic E-state index is 12.0. The highest BCUT2D eigenvalue weighted by molar-refractivity contribution is 7.89. The van der Waals surface area contributed by atoms with Crippen LogP contribution in [-0.2, 0) is 20.2 Å². The van der Waals surface area contributed by atoms with Crippen LogP contribution in [0.4, 0.5) is 11.4 Å². The molecule has 144 valence electrons. The average Bonchev–Trinajstić information content (AvgIpc) is 2.54. The number of rotatable bonds is 4. The summed E-state index contributed by atoms with van der Waals surface area (Å²) in [7, 11) is -3.58. The van der Waals surface area contributed by atoms with Gasteiger partial charge in [-0.2, -0.15) is 0 Å². The van der Waals surface area contributed by atoms with Crippen LogP contribution >= 0.6 is 23.2 Å². The summed E-state index contributed by atoms with van der Waals surface area (Å²) in [6.07, 6.45) is 0.987. The highest BCUT2D eigenvalue weighted by Crippen LogP contribution is 2.50. The molecular formula is C19H20Cl2N2O3S. The molecule has 0 unspecified atom stereocenters. The van der Waals surface area contributed by atoms with Gasteiger partial charge in [0.05, 0.1) is 6.26 Å². The Balaban J connectivity index is 2.03. The van der Waals surface area contributed by atoms with Crippen LogP contribution in [0.25, 0.3) is 0 Å². The lowest BCUT2D eigenvalue weighted by Gasteiger charge is -2.42. The number of anilines is 2. The van der Waals surface area contributed by atoms with Crippen molar-refractivity contribution in [2.45, 2.75) is 25.7 Å². The number of hydrogen-bond acceptors (Lipinski definition) is 4. The molecule has 2 aromatic carbocycles. The van der Waals surface area contributed by atoms with Crippen molar-refractivity contribution < 1.29 is 13.2 Å². The van der Waals surface area contributed by atoms with E-state index in [1.807, 2.05) is 33.9 Å². The van der Waals surface area contributed by atoms with Crippen molar-refractivity contribution >= 4 is 50.5 Å². The number of sulfonamides is 1. The van der Waals surface area contributed by atoms with E-state index in [4.69, 9.17) is 23.2 Å². The number of nitrogens with zero attached hydrogens (tertiary/aromatic N) is 1. The number of carbonyl (C=O) groups excluding carboxylic acids is 1. The Morgan fingerprint density at radius 1 is 1.04 bits per heavy atom. The standard InChI is InChI=1S/C19H20Cl2N2O3S/c1-19(2)14-10-12(20)4-6-16(14)23(9-8-18(24)22-27(3,25)26)17-7-5-13(21)11-15(17)19/h4-7,10-11H,8-9H2,1-3H3,(H,22,24). The van der Waals surface area contributed by atoms with Crippen LogP contribution in [0.2, 0.25) is 10.0 Å². The van der Waals surface area contributed by atoms with E-state index in [1.165, 1.54) is 0 Å². The minimum absolute atomic E-state index is 0.0254. The lowest BCUT2D eigenvalue weighted by atomic mass is 9.73. The van der Waals surface area contributed by atoms with E-state index in [0.717, 1.165) is 28.8 Å². The predicted octanol–water partition coefficient (Wildman–Crippen LogP) is 4.24. The molecule has 1 N–H and O–H groups in total. The summed E-state index contributed by atoms with van der Waals surface area (Å²) in [5.41, 5.74) is 3.59. The quantitative estimate of drug-likeness (QED) is 0.793. The van der Waals surface area contributed by atoms with Gasteiger partial charge in [-0.25, -0.2) is 8.42 Å². The van der Waals surface area contributed by atoms with Crippen LogP contribution in [-0.4, -0.2) is 27.1 Å². The van der Waals surface area contributed by atoms with Gasteiger partial charge in [-0.3, -0.25) is 9.52 Å². The zero-order chi connectivity index (χ0) is 20.0. The first-order valence-electron chi connectivity index (χ1n) is 8.37. The second-order valence-corrected chi connectivity index (χ2v) is 9.77. The molecule has 0 spiro atoms. The third kappa shape index (κ3) is 4.08. The number of hydrogen-bond donors (Lipinski definition) is 1. The van der Waals surface area contributed by atoms with Gasteiger partial charge in [0.2, 0.25) is 15.9 Å². The Hall–Kier alpha value is -1.76. The number of benzene rings is 2. The highest BCUT2D eigenvalue weighted by Gasteiger charge is 2.36. The molecule has 0 fully saturated rings. The summed E-state index contributed by atoms with van der Waals surface area (Å²) in [5.74, 6) is -0.548. The molecule has 8 heteroatoms. The number of nitrogens with one attached hydrogen (secondary N) is 1. The number of amides is 1. The van der Waals surface area contributed by atoms with Crippen LogP contribution in [0.1, 0.15) is 31.4 Å². The zero-order valence-corrected chi connectivity index (χ0v) is 17.5. The average molecular weight is 427 g/mol. The molecule has 0 saturated carbocycles. The van der Waals surface area contributed by atoms with E-state index >= 15 is 0 Å². The SMILES string of the molecule is CC1(C)c2cc(Cl)ccc2N(CCC(=O)NS(C)(=O)=O)c2ccc(Cl)cc21. The molecule has 1 heterocycles. The monoisotopic (exact) mass is 426 g/mol. The van der Waals surface area contributed by atoms with Crippen molar-refractivity contribution in [3.8, 4) is 0 Å². The Labute approximate surface area is 169 Å². The third-order valence-electron chi connectivity index (χ3n) is 4.71. The summed E-state index contributed by atoms with van der Waals surface area (Å²) in [4.78, 5) is 14.0. The molecule has 1 aliphatic heterocycles. The van der Waals surface area contributed by atoms with Gasteiger partial charge in [-0.05, 0) is 47.5 Å². The Morgan fingerprint density at radius 2 is 1.52 bits per heavy atom.